The average Bonchev–Trinajstić information content (AvgIpc) is 2.34. The van der Waals surface area contributed by atoms with Gasteiger partial charge in [0, 0.05) is 17.4 Å². The van der Waals surface area contributed by atoms with E-state index in [1.165, 1.54) is 12.4 Å². The van der Waals surface area contributed by atoms with Crippen molar-refractivity contribution in [2.75, 3.05) is 0 Å². The van der Waals surface area contributed by atoms with Crippen molar-refractivity contribution in [1.29, 1.82) is 0 Å². The van der Waals surface area contributed by atoms with Gasteiger partial charge in [0.2, 0.25) is 0 Å². The van der Waals surface area contributed by atoms with Crippen LogP contribution in [0.5, 0.6) is 11.8 Å². The van der Waals surface area contributed by atoms with Gasteiger partial charge in [0.05, 0.1) is 10.0 Å². The van der Waals surface area contributed by atoms with Crippen LogP contribution >= 0.6 is 27.5 Å². The number of rotatable bonds is 3. The normalized spacial score (nSPS) is 10.0. The molecule has 1 aromatic heterocycles. The highest BCUT2D eigenvalue weighted by Gasteiger charge is 2.05. The quantitative estimate of drug-likeness (QED) is 0.814. The van der Waals surface area contributed by atoms with Crippen LogP contribution in [0.15, 0.2) is 35.1 Å². The summed E-state index contributed by atoms with van der Waals surface area (Å²) in [6.07, 6.45) is 3.44. The summed E-state index contributed by atoms with van der Waals surface area (Å²) >= 11 is 9.12. The molecule has 0 spiro atoms. The summed E-state index contributed by atoms with van der Waals surface area (Å²) in [7, 11) is 0. The summed E-state index contributed by atoms with van der Waals surface area (Å²) in [4.78, 5) is 18.2. The molecule has 0 saturated heterocycles. The van der Waals surface area contributed by atoms with E-state index in [0.29, 0.717) is 27.1 Å². The number of ether oxygens (including phenoxy) is 1. The van der Waals surface area contributed by atoms with Gasteiger partial charge in [0.15, 0.2) is 6.29 Å². The van der Waals surface area contributed by atoms with Crippen LogP contribution < -0.4 is 4.74 Å². The van der Waals surface area contributed by atoms with Crippen LogP contribution in [0, 0.1) is 0 Å². The molecule has 0 saturated carbocycles. The van der Waals surface area contributed by atoms with E-state index in [1.54, 1.807) is 18.2 Å². The van der Waals surface area contributed by atoms with Crippen LogP contribution in [0.3, 0.4) is 0 Å². The van der Waals surface area contributed by atoms with Crippen LogP contribution in [0.4, 0.5) is 0 Å². The highest BCUT2D eigenvalue weighted by molar-refractivity contribution is 9.10. The SMILES string of the molecule is O=Cc1cnc(Oc2ccc(Cl)cc2Br)nc1. The van der Waals surface area contributed by atoms with Gasteiger partial charge in [-0.05, 0) is 34.1 Å². The largest absolute Gasteiger partial charge is 0.423 e. The third-order valence-corrected chi connectivity index (χ3v) is 2.73. The zero-order chi connectivity index (χ0) is 12.3. The van der Waals surface area contributed by atoms with Gasteiger partial charge in [-0.15, -0.1) is 0 Å². The van der Waals surface area contributed by atoms with Crippen molar-refractivity contribution in [3.05, 3.63) is 45.7 Å². The summed E-state index contributed by atoms with van der Waals surface area (Å²) < 4.78 is 6.12. The summed E-state index contributed by atoms with van der Waals surface area (Å²) in [6.45, 7) is 0. The highest BCUT2D eigenvalue weighted by atomic mass is 79.9. The number of halogens is 2. The van der Waals surface area contributed by atoms with E-state index >= 15 is 0 Å². The molecule has 86 valence electrons. The van der Waals surface area contributed by atoms with Crippen molar-refractivity contribution in [3.8, 4) is 11.8 Å². The number of carbonyl (C=O) groups excluding carboxylic acids is 1. The number of aromatic nitrogens is 2. The highest BCUT2D eigenvalue weighted by Crippen LogP contribution is 2.30. The van der Waals surface area contributed by atoms with E-state index in [1.807, 2.05) is 0 Å². The first kappa shape index (κ1) is 12.0. The van der Waals surface area contributed by atoms with Crippen molar-refractivity contribution >= 4 is 33.8 Å². The zero-order valence-corrected chi connectivity index (χ0v) is 10.8. The number of benzene rings is 1. The maximum absolute atomic E-state index is 10.4. The minimum Gasteiger partial charge on any atom is -0.423 e. The molecular formula is C11H6BrClN2O2. The second kappa shape index (κ2) is 5.25. The topological polar surface area (TPSA) is 52.1 Å². The molecule has 17 heavy (non-hydrogen) atoms. The van der Waals surface area contributed by atoms with Gasteiger partial charge in [-0.2, -0.15) is 0 Å². The second-order valence-corrected chi connectivity index (χ2v) is 4.38. The molecule has 0 fully saturated rings. The maximum atomic E-state index is 10.4. The molecule has 0 amide bonds. The zero-order valence-electron chi connectivity index (χ0n) is 8.43. The molecule has 0 bridgehead atoms. The van der Waals surface area contributed by atoms with Gasteiger partial charge in [-0.3, -0.25) is 4.79 Å². The molecule has 0 unspecified atom stereocenters. The summed E-state index contributed by atoms with van der Waals surface area (Å²) in [5.74, 6) is 0.549. The van der Waals surface area contributed by atoms with E-state index in [4.69, 9.17) is 16.3 Å². The Bertz CT molecular complexity index is 546. The van der Waals surface area contributed by atoms with Crippen molar-refractivity contribution in [2.45, 2.75) is 0 Å². The van der Waals surface area contributed by atoms with Gasteiger partial charge in [-0.25, -0.2) is 9.97 Å². The van der Waals surface area contributed by atoms with E-state index in [-0.39, 0.29) is 6.01 Å². The number of hydrogen-bond donors (Lipinski definition) is 0. The average molecular weight is 314 g/mol. The molecule has 0 atom stereocenters. The Kier molecular flexibility index (Phi) is 3.71. The van der Waals surface area contributed by atoms with E-state index < -0.39 is 0 Å². The van der Waals surface area contributed by atoms with Crippen LogP contribution in [0.25, 0.3) is 0 Å². The maximum Gasteiger partial charge on any atom is 0.321 e. The minimum atomic E-state index is 0.165. The molecule has 1 heterocycles. The lowest BCUT2D eigenvalue weighted by molar-refractivity contribution is 0.112. The molecule has 2 aromatic rings. The Morgan fingerprint density at radius 3 is 2.59 bits per heavy atom. The molecule has 0 radical (unpaired) electrons. The Balaban J connectivity index is 2.22. The molecule has 0 aliphatic rings. The number of nitrogens with zero attached hydrogens (tertiary/aromatic N) is 2. The van der Waals surface area contributed by atoms with E-state index in [0.717, 1.165) is 0 Å². The second-order valence-electron chi connectivity index (χ2n) is 3.09. The monoisotopic (exact) mass is 312 g/mol. The fraction of sp³-hybridized carbons (Fsp3) is 0. The lowest BCUT2D eigenvalue weighted by atomic mass is 10.3. The van der Waals surface area contributed by atoms with Gasteiger partial charge in [-0.1, -0.05) is 11.6 Å². The number of hydrogen-bond acceptors (Lipinski definition) is 4. The van der Waals surface area contributed by atoms with Crippen molar-refractivity contribution in [3.63, 3.8) is 0 Å². The predicted octanol–water partition coefficient (Wildman–Crippen LogP) is 3.50. The number of aldehydes is 1. The molecular weight excluding hydrogens is 307 g/mol. The smallest absolute Gasteiger partial charge is 0.321 e. The minimum absolute atomic E-state index is 0.165. The molecule has 4 nitrogen and oxygen atoms in total. The van der Waals surface area contributed by atoms with E-state index in [2.05, 4.69) is 25.9 Å². The lowest BCUT2D eigenvalue weighted by Crippen LogP contribution is -1.93. The van der Waals surface area contributed by atoms with Crippen molar-refractivity contribution in [2.24, 2.45) is 0 Å². The Morgan fingerprint density at radius 1 is 1.29 bits per heavy atom. The van der Waals surface area contributed by atoms with Crippen LogP contribution in [-0.4, -0.2) is 16.3 Å². The third-order valence-electron chi connectivity index (χ3n) is 1.88. The van der Waals surface area contributed by atoms with Crippen LogP contribution in [0.2, 0.25) is 5.02 Å². The first-order valence-electron chi connectivity index (χ1n) is 4.59. The molecule has 0 aliphatic carbocycles. The Labute approximate surface area is 111 Å². The fourth-order valence-corrected chi connectivity index (χ4v) is 1.86. The third kappa shape index (κ3) is 3.01. The summed E-state index contributed by atoms with van der Waals surface area (Å²) in [5, 5.41) is 0.599. The lowest BCUT2D eigenvalue weighted by Gasteiger charge is -2.05. The Morgan fingerprint density at radius 2 is 2.00 bits per heavy atom. The number of carbonyl (C=O) groups is 1. The first-order valence-corrected chi connectivity index (χ1v) is 5.76. The molecule has 0 aliphatic heterocycles. The summed E-state index contributed by atoms with van der Waals surface area (Å²) in [5.41, 5.74) is 0.396. The van der Waals surface area contributed by atoms with Crippen molar-refractivity contribution < 1.29 is 9.53 Å². The fourth-order valence-electron chi connectivity index (χ4n) is 1.10. The van der Waals surface area contributed by atoms with Crippen LogP contribution in [0.1, 0.15) is 10.4 Å². The first-order chi connectivity index (χ1) is 8.19. The standard InChI is InChI=1S/C11H6BrClN2O2/c12-9-3-8(13)1-2-10(9)17-11-14-4-7(6-16)5-15-11/h1-6H. The van der Waals surface area contributed by atoms with Gasteiger partial charge < -0.3 is 4.74 Å². The predicted molar refractivity (Wildman–Crippen MR) is 66.6 cm³/mol. The van der Waals surface area contributed by atoms with Gasteiger partial charge >= 0.3 is 6.01 Å². The molecule has 6 heteroatoms. The molecule has 2 rings (SSSR count). The van der Waals surface area contributed by atoms with Crippen molar-refractivity contribution in [1.82, 2.24) is 9.97 Å². The molecule has 1 aromatic carbocycles. The Hall–Kier alpha value is -1.46. The summed E-state index contributed by atoms with van der Waals surface area (Å²) in [6, 6.07) is 5.26. The van der Waals surface area contributed by atoms with E-state index in [9.17, 15) is 4.79 Å². The van der Waals surface area contributed by atoms with Gasteiger partial charge in [0.25, 0.3) is 0 Å². The molecule has 0 N–H and O–H groups in total. The van der Waals surface area contributed by atoms with Gasteiger partial charge in [0.1, 0.15) is 5.75 Å². The van der Waals surface area contributed by atoms with Crippen LogP contribution in [-0.2, 0) is 0 Å².